The maximum Gasteiger partial charge on any atom is 0.161 e. The third-order valence-corrected chi connectivity index (χ3v) is 3.00. The Hall–Kier alpha value is -1.94. The highest BCUT2D eigenvalue weighted by Crippen LogP contribution is 2.26. The van der Waals surface area contributed by atoms with Crippen LogP contribution in [0.4, 0.5) is 10.1 Å². The summed E-state index contributed by atoms with van der Waals surface area (Å²) < 4.78 is 23.8. The van der Waals surface area contributed by atoms with Gasteiger partial charge in [0.05, 0.1) is 17.8 Å². The lowest BCUT2D eigenvalue weighted by Crippen LogP contribution is -2.12. The summed E-state index contributed by atoms with van der Waals surface area (Å²) in [5, 5.41) is 3.50. The van der Waals surface area contributed by atoms with Gasteiger partial charge in [-0.25, -0.2) is 4.39 Å². The maximum absolute atomic E-state index is 13.1. The molecule has 2 aromatic carbocycles. The average Bonchev–Trinajstić information content (AvgIpc) is 2.47. The average molecular weight is 296 g/mol. The van der Waals surface area contributed by atoms with Crippen LogP contribution in [0.15, 0.2) is 42.5 Å². The van der Waals surface area contributed by atoms with Gasteiger partial charge in [-0.15, -0.1) is 0 Å². The second kappa shape index (κ2) is 7.01. The molecule has 106 valence electrons. The van der Waals surface area contributed by atoms with Crippen molar-refractivity contribution in [1.82, 2.24) is 0 Å². The molecule has 0 spiro atoms. The Balaban J connectivity index is 1.86. The van der Waals surface area contributed by atoms with Gasteiger partial charge in [-0.3, -0.25) is 0 Å². The molecule has 0 unspecified atom stereocenters. The van der Waals surface area contributed by atoms with Crippen LogP contribution in [-0.2, 0) is 0 Å². The first-order valence-electron chi connectivity index (χ1n) is 6.15. The molecule has 0 aliphatic heterocycles. The van der Waals surface area contributed by atoms with E-state index >= 15 is 0 Å². The molecule has 0 fully saturated rings. The number of hydrogen-bond acceptors (Lipinski definition) is 3. The smallest absolute Gasteiger partial charge is 0.161 e. The number of nitrogens with one attached hydrogen (secondary N) is 1. The Bertz CT molecular complexity index is 578. The van der Waals surface area contributed by atoms with Gasteiger partial charge in [0.1, 0.15) is 12.4 Å². The number of halogens is 2. The number of methoxy groups -OCH3 is 1. The number of benzene rings is 2. The lowest BCUT2D eigenvalue weighted by Gasteiger charge is -2.12. The van der Waals surface area contributed by atoms with Crippen LogP contribution in [0.3, 0.4) is 0 Å². The topological polar surface area (TPSA) is 30.5 Å². The Kier molecular flexibility index (Phi) is 5.07. The predicted octanol–water partition coefficient (Wildman–Crippen LogP) is 3.98. The fourth-order valence-electron chi connectivity index (χ4n) is 1.72. The molecule has 0 bridgehead atoms. The van der Waals surface area contributed by atoms with E-state index in [1.807, 2.05) is 24.3 Å². The maximum atomic E-state index is 13.1. The van der Waals surface area contributed by atoms with Gasteiger partial charge in [-0.05, 0) is 30.3 Å². The Morgan fingerprint density at radius 3 is 2.65 bits per heavy atom. The zero-order valence-electron chi connectivity index (χ0n) is 11.0. The standard InChI is InChI=1S/C15H15ClFNO2/c1-19-14-4-2-3-5-15(14)20-9-8-18-13-10-11(17)6-7-12(13)16/h2-7,10,18H,8-9H2,1H3. The molecule has 0 saturated carbocycles. The molecular formula is C15H15ClFNO2. The highest BCUT2D eigenvalue weighted by Gasteiger charge is 2.03. The van der Waals surface area contributed by atoms with E-state index in [1.165, 1.54) is 18.2 Å². The number of rotatable bonds is 6. The number of para-hydroxylation sites is 2. The van der Waals surface area contributed by atoms with Crippen molar-refractivity contribution in [1.29, 1.82) is 0 Å². The van der Waals surface area contributed by atoms with E-state index in [1.54, 1.807) is 7.11 Å². The summed E-state index contributed by atoms with van der Waals surface area (Å²) in [6.07, 6.45) is 0. The molecule has 0 aliphatic carbocycles. The van der Waals surface area contributed by atoms with Crippen LogP contribution in [0.1, 0.15) is 0 Å². The molecule has 20 heavy (non-hydrogen) atoms. The van der Waals surface area contributed by atoms with Crippen LogP contribution in [0, 0.1) is 5.82 Å². The Morgan fingerprint density at radius 2 is 1.90 bits per heavy atom. The van der Waals surface area contributed by atoms with E-state index in [2.05, 4.69) is 5.32 Å². The van der Waals surface area contributed by atoms with Crippen LogP contribution >= 0.6 is 11.6 Å². The van der Waals surface area contributed by atoms with Gasteiger partial charge in [0.15, 0.2) is 11.5 Å². The monoisotopic (exact) mass is 295 g/mol. The molecule has 0 aromatic heterocycles. The highest BCUT2D eigenvalue weighted by atomic mass is 35.5. The molecule has 1 N–H and O–H groups in total. The first-order valence-corrected chi connectivity index (χ1v) is 6.53. The van der Waals surface area contributed by atoms with E-state index in [9.17, 15) is 4.39 Å². The van der Waals surface area contributed by atoms with Gasteiger partial charge in [0.25, 0.3) is 0 Å². The SMILES string of the molecule is COc1ccccc1OCCNc1cc(F)ccc1Cl. The minimum atomic E-state index is -0.331. The fourth-order valence-corrected chi connectivity index (χ4v) is 1.90. The Morgan fingerprint density at radius 1 is 1.15 bits per heavy atom. The van der Waals surface area contributed by atoms with Crippen LogP contribution in [0.5, 0.6) is 11.5 Å². The van der Waals surface area contributed by atoms with Gasteiger partial charge in [0, 0.05) is 6.54 Å². The first-order chi connectivity index (χ1) is 9.70. The Labute approximate surface area is 122 Å². The van der Waals surface area contributed by atoms with Crippen LogP contribution in [0.25, 0.3) is 0 Å². The molecule has 5 heteroatoms. The predicted molar refractivity (Wildman–Crippen MR) is 78.4 cm³/mol. The zero-order valence-corrected chi connectivity index (χ0v) is 11.8. The van der Waals surface area contributed by atoms with Gasteiger partial charge in [0.2, 0.25) is 0 Å². The van der Waals surface area contributed by atoms with E-state index in [0.717, 1.165) is 0 Å². The fraction of sp³-hybridized carbons (Fsp3) is 0.200. The third kappa shape index (κ3) is 3.78. The molecule has 0 amide bonds. The van der Waals surface area contributed by atoms with Crippen molar-refractivity contribution in [2.75, 3.05) is 25.6 Å². The molecular weight excluding hydrogens is 281 g/mol. The normalized spacial score (nSPS) is 10.2. The van der Waals surface area contributed by atoms with Gasteiger partial charge in [-0.1, -0.05) is 23.7 Å². The third-order valence-electron chi connectivity index (χ3n) is 2.67. The number of anilines is 1. The van der Waals surface area contributed by atoms with Crippen molar-refractivity contribution in [2.45, 2.75) is 0 Å². The van der Waals surface area contributed by atoms with E-state index in [4.69, 9.17) is 21.1 Å². The summed E-state index contributed by atoms with van der Waals surface area (Å²) in [5.41, 5.74) is 0.551. The van der Waals surface area contributed by atoms with Crippen molar-refractivity contribution in [3.8, 4) is 11.5 Å². The molecule has 0 atom stereocenters. The molecule has 3 nitrogen and oxygen atoms in total. The van der Waals surface area contributed by atoms with Crippen molar-refractivity contribution in [3.63, 3.8) is 0 Å². The van der Waals surface area contributed by atoms with Crippen molar-refractivity contribution >= 4 is 17.3 Å². The quantitative estimate of drug-likeness (QED) is 0.818. The second-order valence-corrected chi connectivity index (χ2v) is 4.46. The molecule has 2 rings (SSSR count). The zero-order chi connectivity index (χ0) is 14.4. The lowest BCUT2D eigenvalue weighted by molar-refractivity contribution is 0.306. The van der Waals surface area contributed by atoms with Crippen LogP contribution in [-0.4, -0.2) is 20.3 Å². The van der Waals surface area contributed by atoms with Gasteiger partial charge < -0.3 is 14.8 Å². The van der Waals surface area contributed by atoms with E-state index in [-0.39, 0.29) is 5.82 Å². The minimum absolute atomic E-state index is 0.331. The molecule has 0 heterocycles. The molecule has 0 aliphatic rings. The summed E-state index contributed by atoms with van der Waals surface area (Å²) >= 11 is 5.95. The second-order valence-electron chi connectivity index (χ2n) is 4.05. The van der Waals surface area contributed by atoms with E-state index < -0.39 is 0 Å². The van der Waals surface area contributed by atoms with Crippen LogP contribution in [0.2, 0.25) is 5.02 Å². The van der Waals surface area contributed by atoms with Crippen LogP contribution < -0.4 is 14.8 Å². The van der Waals surface area contributed by atoms with Crippen molar-refractivity contribution in [3.05, 3.63) is 53.3 Å². The summed E-state index contributed by atoms with van der Waals surface area (Å²) in [6.45, 7) is 0.911. The van der Waals surface area contributed by atoms with Gasteiger partial charge in [-0.2, -0.15) is 0 Å². The summed E-state index contributed by atoms with van der Waals surface area (Å²) in [7, 11) is 1.59. The summed E-state index contributed by atoms with van der Waals surface area (Å²) in [6, 6.07) is 11.6. The molecule has 0 saturated heterocycles. The number of hydrogen-bond donors (Lipinski definition) is 1. The minimum Gasteiger partial charge on any atom is -0.493 e. The highest BCUT2D eigenvalue weighted by molar-refractivity contribution is 6.33. The first kappa shape index (κ1) is 14.5. The van der Waals surface area contributed by atoms with E-state index in [0.29, 0.717) is 35.4 Å². The van der Waals surface area contributed by atoms with Crippen molar-refractivity contribution < 1.29 is 13.9 Å². The van der Waals surface area contributed by atoms with Crippen molar-refractivity contribution in [2.24, 2.45) is 0 Å². The largest absolute Gasteiger partial charge is 0.493 e. The summed E-state index contributed by atoms with van der Waals surface area (Å²) in [4.78, 5) is 0. The molecule has 2 aromatic rings. The summed E-state index contributed by atoms with van der Waals surface area (Å²) in [5.74, 6) is 1.01. The molecule has 0 radical (unpaired) electrons. The lowest BCUT2D eigenvalue weighted by atomic mass is 10.3. The number of ether oxygens (including phenoxy) is 2. The van der Waals surface area contributed by atoms with Gasteiger partial charge >= 0.3 is 0 Å².